The van der Waals surface area contributed by atoms with Crippen LogP contribution in [-0.4, -0.2) is 182 Å². The van der Waals surface area contributed by atoms with E-state index in [2.05, 4.69) is 31.9 Å². The Balaban J connectivity index is 0.878. The minimum Gasteiger partial charge on any atom is -0.343 e. The average molecular weight is 1210 g/mol. The van der Waals surface area contributed by atoms with E-state index >= 15 is 8.78 Å². The minimum absolute atomic E-state index is 0.0911. The van der Waals surface area contributed by atoms with Crippen molar-refractivity contribution in [1.82, 2.24) is 51.5 Å². The van der Waals surface area contributed by atoms with Crippen LogP contribution in [0.25, 0.3) is 11.1 Å². The average Bonchev–Trinajstić information content (AvgIpc) is 3.28. The van der Waals surface area contributed by atoms with E-state index in [9.17, 15) is 38.4 Å². The number of benzene rings is 4. The lowest BCUT2D eigenvalue weighted by atomic mass is 9.83. The number of nitrogens with zero attached hydrogens (tertiary/aromatic N) is 4. The molecule has 474 valence electrons. The summed E-state index contributed by atoms with van der Waals surface area (Å²) >= 11 is 0. The van der Waals surface area contributed by atoms with Crippen molar-refractivity contribution in [2.45, 2.75) is 152 Å². The van der Waals surface area contributed by atoms with Gasteiger partial charge in [0.1, 0.15) is 24.4 Å². The third-order valence-corrected chi connectivity index (χ3v) is 18.5. The van der Waals surface area contributed by atoms with E-state index in [0.29, 0.717) is 12.8 Å². The highest BCUT2D eigenvalue weighted by molar-refractivity contribution is 5.98. The molecule has 0 radical (unpaired) electrons. The predicted octanol–water partition coefficient (Wildman–Crippen LogP) is 6.18. The zero-order valence-electron chi connectivity index (χ0n) is 51.5. The van der Waals surface area contributed by atoms with Gasteiger partial charge in [-0.2, -0.15) is 0 Å². The van der Waals surface area contributed by atoms with E-state index in [1.807, 2.05) is 60.7 Å². The second-order valence-electron chi connectivity index (χ2n) is 24.3. The van der Waals surface area contributed by atoms with Crippen molar-refractivity contribution in [3.05, 3.63) is 131 Å². The van der Waals surface area contributed by atoms with Gasteiger partial charge in [0.05, 0.1) is 37.3 Å². The van der Waals surface area contributed by atoms with Crippen LogP contribution in [0.5, 0.6) is 0 Å². The van der Waals surface area contributed by atoms with Gasteiger partial charge in [-0.15, -0.1) is 0 Å². The number of hydrogen-bond acceptors (Lipinski definition) is 10. The highest BCUT2D eigenvalue weighted by Crippen LogP contribution is 2.33. The summed E-state index contributed by atoms with van der Waals surface area (Å²) in [5.74, 6) is -3.38. The third-order valence-electron chi connectivity index (χ3n) is 18.5. The molecule has 2 aliphatic carbocycles. The number of carbonyl (C=O) groups excluding carboxylic acids is 8. The number of rotatable bonds is 27. The molecule has 2 saturated carbocycles. The Morgan fingerprint density at radius 3 is 1.18 bits per heavy atom. The molecule has 0 spiro atoms. The molecule has 4 fully saturated rings. The van der Waals surface area contributed by atoms with Crippen molar-refractivity contribution in [1.29, 1.82) is 0 Å². The first-order valence-electron chi connectivity index (χ1n) is 31.8. The summed E-state index contributed by atoms with van der Waals surface area (Å²) in [5.41, 5.74) is 3.96. The Morgan fingerprint density at radius 1 is 0.489 bits per heavy atom. The molecule has 2 saturated heterocycles. The summed E-state index contributed by atoms with van der Waals surface area (Å²) in [6.45, 7) is 3.20. The molecule has 4 aromatic carbocycles. The van der Waals surface area contributed by atoms with E-state index in [4.69, 9.17) is 0 Å². The summed E-state index contributed by atoms with van der Waals surface area (Å²) in [6, 6.07) is 28.0. The molecule has 8 atom stereocenters. The van der Waals surface area contributed by atoms with E-state index < -0.39 is 72.2 Å². The molecule has 20 heteroatoms. The third kappa shape index (κ3) is 17.8. The fourth-order valence-corrected chi connectivity index (χ4v) is 12.8. The molecule has 4 aromatic rings. The van der Waals surface area contributed by atoms with E-state index in [0.717, 1.165) is 86.5 Å². The molecule has 8 amide bonds. The number of carbonyl (C=O) groups is 8. The van der Waals surface area contributed by atoms with Crippen LogP contribution >= 0.6 is 0 Å². The van der Waals surface area contributed by atoms with Gasteiger partial charge in [-0.25, -0.2) is 8.78 Å². The summed E-state index contributed by atoms with van der Waals surface area (Å²) in [5, 5.41) is 17.3. The lowest BCUT2D eigenvalue weighted by Crippen LogP contribution is -2.58. The summed E-state index contributed by atoms with van der Waals surface area (Å²) in [4.78, 5) is 117. The molecule has 18 nitrogen and oxygen atoms in total. The van der Waals surface area contributed by atoms with Gasteiger partial charge in [-0.3, -0.25) is 38.4 Å². The van der Waals surface area contributed by atoms with Gasteiger partial charge in [0.2, 0.25) is 35.4 Å². The van der Waals surface area contributed by atoms with E-state index in [-0.39, 0.29) is 112 Å². The number of nitrogens with one attached hydrogen (secondary N) is 6. The lowest BCUT2D eigenvalue weighted by Gasteiger charge is -2.37. The quantitative estimate of drug-likeness (QED) is 0.0398. The van der Waals surface area contributed by atoms with Gasteiger partial charge in [-0.1, -0.05) is 123 Å². The second-order valence-corrected chi connectivity index (χ2v) is 24.3. The minimum atomic E-state index is -1.41. The van der Waals surface area contributed by atoms with E-state index in [1.165, 1.54) is 19.6 Å². The van der Waals surface area contributed by atoms with Crippen LogP contribution < -0.4 is 31.9 Å². The number of likely N-dealkylation sites (tertiary alicyclic amines) is 2. The van der Waals surface area contributed by atoms with Crippen molar-refractivity contribution < 1.29 is 47.1 Å². The molecule has 0 unspecified atom stereocenters. The van der Waals surface area contributed by atoms with Gasteiger partial charge in [0.15, 0.2) is 0 Å². The molecule has 4 aliphatic rings. The maximum Gasteiger partial charge on any atom is 0.251 e. The molecule has 6 N–H and O–H groups in total. The van der Waals surface area contributed by atoms with Crippen LogP contribution in [0, 0.1) is 11.8 Å². The zero-order chi connectivity index (χ0) is 62.7. The molecule has 88 heavy (non-hydrogen) atoms. The number of alkyl halides is 2. The Kier molecular flexibility index (Phi) is 24.6. The molecule has 2 heterocycles. The standard InChI is InChI=1S/C68H90F2N10O8/c1-45(71-3)63(83)75-61(51-21-13-7-14-22-51)67(87)79-39-35-55(69)57(79)43-77(37-33-47-17-9-5-10-18-47)59(81)41-73-65(85)53-29-25-49(26-30-53)50-27-31-54(32-28-50)66(86)74-42-60(82)78(38-34-48-19-11-6-12-20-48)44-58-56(70)36-40-80(58)68(88)62(52-23-15-8-16-24-52)76-64(84)46(2)72-4/h5-6,9-12,17-20,25-32,45-46,51-52,55-58,61-62,71-72H,7-8,13-16,21-24,33-44H2,1-4H3,(H,73,85)(H,74,86)(H,75,83)(H,76,84)/t45-,46-,55-,56-,57+,58+,61-,62-/m0/s1. The topological polar surface area (TPSA) is 222 Å². The number of halogens is 2. The van der Waals surface area contributed by atoms with Gasteiger partial charge in [0, 0.05) is 50.4 Å². The molecular weight excluding hydrogens is 1120 g/mol. The van der Waals surface area contributed by atoms with Crippen LogP contribution in [0.2, 0.25) is 0 Å². The summed E-state index contributed by atoms with van der Waals surface area (Å²) < 4.78 is 32.1. The maximum absolute atomic E-state index is 16.1. The summed E-state index contributed by atoms with van der Waals surface area (Å²) in [6.07, 6.45) is 7.20. The Morgan fingerprint density at radius 2 is 0.841 bits per heavy atom. The predicted molar refractivity (Wildman–Crippen MR) is 334 cm³/mol. The largest absolute Gasteiger partial charge is 0.343 e. The fraction of sp³-hybridized carbons (Fsp3) is 0.529. The van der Waals surface area contributed by atoms with Crippen molar-refractivity contribution in [2.75, 3.05) is 66.5 Å². The molecular formula is C68H90F2N10O8. The van der Waals surface area contributed by atoms with Crippen molar-refractivity contribution in [3.63, 3.8) is 0 Å². The molecule has 0 bridgehead atoms. The van der Waals surface area contributed by atoms with E-state index in [1.54, 1.807) is 76.5 Å². The lowest BCUT2D eigenvalue weighted by molar-refractivity contribution is -0.141. The molecule has 0 aromatic heterocycles. The number of likely N-dealkylation sites (N-methyl/N-ethyl adjacent to an activating group) is 2. The highest BCUT2D eigenvalue weighted by atomic mass is 19.1. The van der Waals surface area contributed by atoms with Crippen LogP contribution in [-0.2, 0) is 41.6 Å². The van der Waals surface area contributed by atoms with Crippen LogP contribution in [0.4, 0.5) is 8.78 Å². The van der Waals surface area contributed by atoms with Gasteiger partial charge >= 0.3 is 0 Å². The number of hydrogen-bond donors (Lipinski definition) is 6. The summed E-state index contributed by atoms with van der Waals surface area (Å²) in [7, 11) is 3.34. The SMILES string of the molecule is CN[C@@H](C)C(=O)N[C@H](C(=O)N1CC[C@H](F)[C@H]1CN(CCc1ccccc1)C(=O)CNC(=O)c1ccc(-c2ccc(C(=O)NCC(=O)N(CCc3ccccc3)C[C@@H]3[C@@H](F)CCN3C(=O)[C@@H](NC(=O)[C@H](C)NC)C3CCCCC3)cc2)cc1)C1CCCCC1. The fourth-order valence-electron chi connectivity index (χ4n) is 12.8. The van der Waals surface area contributed by atoms with Gasteiger partial charge < -0.3 is 51.5 Å². The highest BCUT2D eigenvalue weighted by Gasteiger charge is 2.46. The smallest absolute Gasteiger partial charge is 0.251 e. The van der Waals surface area contributed by atoms with Crippen LogP contribution in [0.3, 0.4) is 0 Å². The normalized spacial score (nSPS) is 20.2. The Hall–Kier alpha value is -7.58. The first-order valence-corrected chi connectivity index (χ1v) is 31.8. The van der Waals surface area contributed by atoms with Crippen molar-refractivity contribution >= 4 is 47.3 Å². The van der Waals surface area contributed by atoms with Crippen LogP contribution in [0.15, 0.2) is 109 Å². The maximum atomic E-state index is 16.1. The van der Waals surface area contributed by atoms with Crippen molar-refractivity contribution in [3.8, 4) is 11.1 Å². The molecule has 2 aliphatic heterocycles. The zero-order valence-corrected chi connectivity index (χ0v) is 51.5. The Bertz CT molecular complexity index is 2770. The monoisotopic (exact) mass is 1210 g/mol. The number of amides is 8. The Labute approximate surface area is 517 Å². The van der Waals surface area contributed by atoms with Crippen LogP contribution in [0.1, 0.15) is 123 Å². The van der Waals surface area contributed by atoms with Crippen molar-refractivity contribution in [2.24, 2.45) is 11.8 Å². The first kappa shape index (κ1) is 66.4. The first-order chi connectivity index (χ1) is 42.5. The second kappa shape index (κ2) is 32.6. The van der Waals surface area contributed by atoms with Gasteiger partial charge in [0.25, 0.3) is 11.8 Å². The molecule has 8 rings (SSSR count). The van der Waals surface area contributed by atoms with Gasteiger partial charge in [-0.05, 0) is 138 Å².